The first-order valence-electron chi connectivity index (χ1n) is 7.42. The highest BCUT2D eigenvalue weighted by Crippen LogP contribution is 2.23. The maximum Gasteiger partial charge on any atom is 0.129 e. The van der Waals surface area contributed by atoms with Gasteiger partial charge in [0, 0.05) is 12.1 Å². The van der Waals surface area contributed by atoms with Crippen molar-refractivity contribution in [3.05, 3.63) is 70.3 Å². The average molecular weight is 287 g/mol. The van der Waals surface area contributed by atoms with Gasteiger partial charge in [0.25, 0.3) is 0 Å². The Hall–Kier alpha value is -1.74. The standard InChI is InChI=1S/C18H19F2N/c19-16-7-6-15(18(20)11-16)10-17(21)9-12-4-5-13-2-1-3-14(13)8-12/h4-8,11,17H,1-3,9-10,21H2. The first-order chi connectivity index (χ1) is 10.1. The van der Waals surface area contributed by atoms with E-state index in [1.165, 1.54) is 41.7 Å². The quantitative estimate of drug-likeness (QED) is 0.914. The number of aryl methyl sites for hydroxylation is 2. The van der Waals surface area contributed by atoms with Crippen molar-refractivity contribution in [1.29, 1.82) is 0 Å². The van der Waals surface area contributed by atoms with E-state index < -0.39 is 11.6 Å². The highest BCUT2D eigenvalue weighted by atomic mass is 19.1. The predicted octanol–water partition coefficient (Wildman–Crippen LogP) is 3.57. The lowest BCUT2D eigenvalue weighted by atomic mass is 9.97. The molecule has 1 atom stereocenters. The smallest absolute Gasteiger partial charge is 0.129 e. The van der Waals surface area contributed by atoms with E-state index in [2.05, 4.69) is 18.2 Å². The molecule has 0 aliphatic heterocycles. The van der Waals surface area contributed by atoms with E-state index in [1.807, 2.05) is 0 Å². The molecule has 0 aromatic heterocycles. The maximum absolute atomic E-state index is 13.6. The van der Waals surface area contributed by atoms with Gasteiger partial charge in [-0.25, -0.2) is 8.78 Å². The minimum Gasteiger partial charge on any atom is -0.327 e. The second-order valence-electron chi connectivity index (χ2n) is 5.86. The third-order valence-electron chi connectivity index (χ3n) is 4.16. The number of hydrogen-bond acceptors (Lipinski definition) is 1. The van der Waals surface area contributed by atoms with Crippen LogP contribution in [0.1, 0.15) is 28.7 Å². The Morgan fingerprint density at radius 2 is 1.76 bits per heavy atom. The molecule has 0 saturated carbocycles. The summed E-state index contributed by atoms with van der Waals surface area (Å²) in [6.45, 7) is 0. The molecule has 0 fully saturated rings. The Balaban J connectivity index is 1.67. The fourth-order valence-electron chi connectivity index (χ4n) is 3.10. The zero-order chi connectivity index (χ0) is 14.8. The van der Waals surface area contributed by atoms with Gasteiger partial charge in [-0.2, -0.15) is 0 Å². The molecule has 2 N–H and O–H groups in total. The van der Waals surface area contributed by atoms with Crippen LogP contribution in [0.4, 0.5) is 8.78 Å². The molecular weight excluding hydrogens is 268 g/mol. The SMILES string of the molecule is NC(Cc1ccc2c(c1)CCC2)Cc1ccc(F)cc1F. The van der Waals surface area contributed by atoms with Gasteiger partial charge in [0.05, 0.1) is 0 Å². The van der Waals surface area contributed by atoms with Crippen LogP contribution < -0.4 is 5.73 Å². The summed E-state index contributed by atoms with van der Waals surface area (Å²) >= 11 is 0. The molecule has 3 heteroatoms. The number of rotatable bonds is 4. The highest BCUT2D eigenvalue weighted by Gasteiger charge is 2.13. The van der Waals surface area contributed by atoms with E-state index in [-0.39, 0.29) is 6.04 Å². The van der Waals surface area contributed by atoms with Crippen molar-refractivity contribution in [3.8, 4) is 0 Å². The third kappa shape index (κ3) is 3.30. The van der Waals surface area contributed by atoms with Crippen molar-refractivity contribution in [2.75, 3.05) is 0 Å². The molecule has 110 valence electrons. The molecule has 0 heterocycles. The van der Waals surface area contributed by atoms with Crippen LogP contribution in [0, 0.1) is 11.6 Å². The Morgan fingerprint density at radius 1 is 0.952 bits per heavy atom. The fourth-order valence-corrected chi connectivity index (χ4v) is 3.10. The van der Waals surface area contributed by atoms with Crippen molar-refractivity contribution >= 4 is 0 Å². The van der Waals surface area contributed by atoms with Crippen molar-refractivity contribution < 1.29 is 8.78 Å². The number of benzene rings is 2. The normalized spacial score (nSPS) is 15.0. The third-order valence-corrected chi connectivity index (χ3v) is 4.16. The lowest BCUT2D eigenvalue weighted by Crippen LogP contribution is -2.26. The van der Waals surface area contributed by atoms with Crippen LogP contribution in [0.25, 0.3) is 0 Å². The van der Waals surface area contributed by atoms with Crippen molar-refractivity contribution in [2.45, 2.75) is 38.1 Å². The predicted molar refractivity (Wildman–Crippen MR) is 80.2 cm³/mol. The van der Waals surface area contributed by atoms with Crippen LogP contribution in [0.2, 0.25) is 0 Å². The summed E-state index contributed by atoms with van der Waals surface area (Å²) in [5, 5.41) is 0. The molecule has 0 saturated heterocycles. The van der Waals surface area contributed by atoms with Crippen LogP contribution in [-0.2, 0) is 25.7 Å². The van der Waals surface area contributed by atoms with Crippen LogP contribution >= 0.6 is 0 Å². The topological polar surface area (TPSA) is 26.0 Å². The Labute approximate surface area is 123 Å². The average Bonchev–Trinajstić information content (AvgIpc) is 2.89. The highest BCUT2D eigenvalue weighted by molar-refractivity contribution is 5.35. The second kappa shape index (κ2) is 5.94. The van der Waals surface area contributed by atoms with Gasteiger partial charge in [-0.05, 0) is 60.4 Å². The summed E-state index contributed by atoms with van der Waals surface area (Å²) in [5.74, 6) is -1.07. The molecule has 0 radical (unpaired) electrons. The summed E-state index contributed by atoms with van der Waals surface area (Å²) in [6, 6.07) is 10.0. The molecule has 2 aromatic carbocycles. The van der Waals surface area contributed by atoms with Crippen LogP contribution in [0.5, 0.6) is 0 Å². The molecular formula is C18H19F2N. The van der Waals surface area contributed by atoms with Gasteiger partial charge in [-0.3, -0.25) is 0 Å². The molecule has 1 aliphatic rings. The summed E-state index contributed by atoms with van der Waals surface area (Å²) in [4.78, 5) is 0. The van der Waals surface area contributed by atoms with E-state index in [9.17, 15) is 8.78 Å². The minimum absolute atomic E-state index is 0.163. The Kier molecular flexibility index (Phi) is 4.02. The fraction of sp³-hybridized carbons (Fsp3) is 0.333. The molecule has 1 nitrogen and oxygen atoms in total. The molecule has 2 aromatic rings. The van der Waals surface area contributed by atoms with Gasteiger partial charge in [0.2, 0.25) is 0 Å². The second-order valence-corrected chi connectivity index (χ2v) is 5.86. The van der Waals surface area contributed by atoms with Gasteiger partial charge < -0.3 is 5.73 Å². The summed E-state index contributed by atoms with van der Waals surface area (Å²) in [7, 11) is 0. The van der Waals surface area contributed by atoms with Crippen molar-refractivity contribution in [1.82, 2.24) is 0 Å². The summed E-state index contributed by atoms with van der Waals surface area (Å²) in [6.07, 6.45) is 4.67. The van der Waals surface area contributed by atoms with E-state index in [0.29, 0.717) is 18.4 Å². The van der Waals surface area contributed by atoms with E-state index >= 15 is 0 Å². The van der Waals surface area contributed by atoms with Gasteiger partial charge >= 0.3 is 0 Å². The first-order valence-corrected chi connectivity index (χ1v) is 7.42. The largest absolute Gasteiger partial charge is 0.327 e. The number of nitrogens with two attached hydrogens (primary N) is 1. The van der Waals surface area contributed by atoms with E-state index in [0.717, 1.165) is 12.5 Å². The molecule has 3 rings (SSSR count). The Bertz CT molecular complexity index is 652. The number of fused-ring (bicyclic) bond motifs is 1. The summed E-state index contributed by atoms with van der Waals surface area (Å²) < 4.78 is 26.5. The molecule has 1 unspecified atom stereocenters. The minimum atomic E-state index is -0.552. The van der Waals surface area contributed by atoms with E-state index in [4.69, 9.17) is 5.73 Å². The van der Waals surface area contributed by atoms with Gasteiger partial charge in [0.1, 0.15) is 11.6 Å². The molecule has 0 spiro atoms. The van der Waals surface area contributed by atoms with Gasteiger partial charge in [0.15, 0.2) is 0 Å². The number of halogens is 2. The van der Waals surface area contributed by atoms with Crippen molar-refractivity contribution in [2.24, 2.45) is 5.73 Å². The monoisotopic (exact) mass is 287 g/mol. The maximum atomic E-state index is 13.6. The number of hydrogen-bond donors (Lipinski definition) is 1. The Morgan fingerprint density at radius 3 is 2.57 bits per heavy atom. The van der Waals surface area contributed by atoms with Crippen molar-refractivity contribution in [3.63, 3.8) is 0 Å². The van der Waals surface area contributed by atoms with Gasteiger partial charge in [-0.1, -0.05) is 24.3 Å². The van der Waals surface area contributed by atoms with E-state index in [1.54, 1.807) is 0 Å². The first kappa shape index (κ1) is 14.2. The lowest BCUT2D eigenvalue weighted by Gasteiger charge is -2.13. The van der Waals surface area contributed by atoms with Crippen LogP contribution in [0.15, 0.2) is 36.4 Å². The molecule has 21 heavy (non-hydrogen) atoms. The van der Waals surface area contributed by atoms with Crippen LogP contribution in [-0.4, -0.2) is 6.04 Å². The lowest BCUT2D eigenvalue weighted by molar-refractivity contribution is 0.558. The molecule has 0 bridgehead atoms. The molecule has 1 aliphatic carbocycles. The van der Waals surface area contributed by atoms with Crippen LogP contribution in [0.3, 0.4) is 0 Å². The summed E-state index contributed by atoms with van der Waals surface area (Å²) in [5.41, 5.74) is 10.7. The zero-order valence-electron chi connectivity index (χ0n) is 11.9. The molecule has 0 amide bonds. The van der Waals surface area contributed by atoms with Gasteiger partial charge in [-0.15, -0.1) is 0 Å². The zero-order valence-corrected chi connectivity index (χ0v) is 11.9.